The predicted octanol–water partition coefficient (Wildman–Crippen LogP) is 4.68. The van der Waals surface area contributed by atoms with Crippen LogP contribution in [0.4, 0.5) is 5.13 Å². The average Bonchev–Trinajstić information content (AvgIpc) is 3.47. The van der Waals surface area contributed by atoms with E-state index in [1.807, 2.05) is 18.4 Å². The van der Waals surface area contributed by atoms with Crippen molar-refractivity contribution in [3.8, 4) is 5.75 Å². The number of ether oxygens (including phenoxy) is 1. The molecular formula is C22H22N4O4S4. The van der Waals surface area contributed by atoms with Crippen LogP contribution >= 0.6 is 34.4 Å². The predicted molar refractivity (Wildman–Crippen MR) is 138 cm³/mol. The molecule has 0 aliphatic carbocycles. The van der Waals surface area contributed by atoms with Gasteiger partial charge in [-0.3, -0.25) is 4.79 Å². The number of aromatic nitrogens is 2. The van der Waals surface area contributed by atoms with Gasteiger partial charge in [-0.2, -0.15) is 4.31 Å². The molecule has 0 spiro atoms. The Bertz CT molecular complexity index is 1460. The molecule has 3 heterocycles. The Balaban J connectivity index is 1.33. The Morgan fingerprint density at radius 3 is 2.53 bits per heavy atom. The first-order valence-electron chi connectivity index (χ1n) is 10.6. The van der Waals surface area contributed by atoms with Crippen molar-refractivity contribution in [1.29, 1.82) is 0 Å². The lowest BCUT2D eigenvalue weighted by Crippen LogP contribution is -2.43. The number of amides is 1. The number of methoxy groups -OCH3 is 1. The third kappa shape index (κ3) is 4.40. The molecule has 4 aromatic rings. The van der Waals surface area contributed by atoms with Crippen LogP contribution < -0.4 is 10.1 Å². The lowest BCUT2D eigenvalue weighted by atomic mass is 9.99. The van der Waals surface area contributed by atoms with Crippen LogP contribution in [-0.2, 0) is 14.8 Å². The first-order valence-corrected chi connectivity index (χ1v) is 14.9. The second-order valence-corrected chi connectivity index (χ2v) is 12.8. The standard InChI is InChI=1S/C22H22N4O4S4/c1-30-14-5-7-15(8-6-14)34(28,29)26-11-3-4-13(12-26)20(27)25-21-23-16-9-10-17-19(18(16)32-21)33-22(24-17)31-2/h5-10,13H,3-4,11-12H2,1-2H3,(H,23,25,27). The lowest BCUT2D eigenvalue weighted by Gasteiger charge is -2.31. The largest absolute Gasteiger partial charge is 0.497 e. The number of hydrogen-bond acceptors (Lipinski definition) is 9. The van der Waals surface area contributed by atoms with E-state index < -0.39 is 15.9 Å². The molecule has 8 nitrogen and oxygen atoms in total. The Hall–Kier alpha value is -2.25. The van der Waals surface area contributed by atoms with E-state index in [9.17, 15) is 13.2 Å². The number of carbonyl (C=O) groups is 1. The molecule has 2 aromatic carbocycles. The molecule has 0 bridgehead atoms. The third-order valence-electron chi connectivity index (χ3n) is 5.75. The maximum Gasteiger partial charge on any atom is 0.243 e. The zero-order valence-electron chi connectivity index (χ0n) is 18.5. The molecule has 5 rings (SSSR count). The van der Waals surface area contributed by atoms with E-state index in [4.69, 9.17) is 4.74 Å². The van der Waals surface area contributed by atoms with Crippen molar-refractivity contribution in [1.82, 2.24) is 14.3 Å². The normalized spacial score (nSPS) is 17.3. The van der Waals surface area contributed by atoms with Crippen LogP contribution in [0.15, 0.2) is 45.6 Å². The van der Waals surface area contributed by atoms with Crippen LogP contribution in [0.1, 0.15) is 12.8 Å². The van der Waals surface area contributed by atoms with Crippen LogP contribution in [0.3, 0.4) is 0 Å². The summed E-state index contributed by atoms with van der Waals surface area (Å²) in [4.78, 5) is 22.4. The van der Waals surface area contributed by atoms with E-state index in [0.29, 0.717) is 30.3 Å². The van der Waals surface area contributed by atoms with Crippen molar-refractivity contribution in [2.45, 2.75) is 22.1 Å². The summed E-state index contributed by atoms with van der Waals surface area (Å²) in [5, 5.41) is 3.44. The molecule has 1 amide bonds. The van der Waals surface area contributed by atoms with Gasteiger partial charge in [0.15, 0.2) is 9.47 Å². The minimum Gasteiger partial charge on any atom is -0.497 e. The van der Waals surface area contributed by atoms with Gasteiger partial charge in [0.25, 0.3) is 0 Å². The summed E-state index contributed by atoms with van der Waals surface area (Å²) in [5.74, 6) is -0.0645. The van der Waals surface area contributed by atoms with Gasteiger partial charge in [0.05, 0.1) is 38.4 Å². The first kappa shape index (κ1) is 23.5. The summed E-state index contributed by atoms with van der Waals surface area (Å²) in [6.45, 7) is 0.529. The van der Waals surface area contributed by atoms with E-state index in [1.54, 1.807) is 35.2 Å². The highest BCUT2D eigenvalue weighted by atomic mass is 32.2. The Morgan fingerprint density at radius 1 is 1.12 bits per heavy atom. The molecule has 0 saturated carbocycles. The van der Waals surface area contributed by atoms with Crippen LogP contribution in [-0.4, -0.2) is 55.1 Å². The molecule has 12 heteroatoms. The Kier molecular flexibility index (Phi) is 6.51. The number of nitrogens with one attached hydrogen (secondary N) is 1. The van der Waals surface area contributed by atoms with E-state index in [2.05, 4.69) is 15.3 Å². The Labute approximate surface area is 209 Å². The van der Waals surface area contributed by atoms with E-state index >= 15 is 0 Å². The number of sulfonamides is 1. The van der Waals surface area contributed by atoms with Crippen molar-refractivity contribution in [3.05, 3.63) is 36.4 Å². The third-order valence-corrected chi connectivity index (χ3v) is 10.8. The van der Waals surface area contributed by atoms with Gasteiger partial charge >= 0.3 is 0 Å². The van der Waals surface area contributed by atoms with Crippen LogP contribution in [0.25, 0.3) is 20.4 Å². The molecule has 1 fully saturated rings. The molecule has 2 aromatic heterocycles. The van der Waals surface area contributed by atoms with Crippen molar-refractivity contribution in [2.24, 2.45) is 5.92 Å². The fraction of sp³-hybridized carbons (Fsp3) is 0.318. The monoisotopic (exact) mass is 534 g/mol. The van der Waals surface area contributed by atoms with Crippen molar-refractivity contribution in [2.75, 3.05) is 31.8 Å². The maximum atomic E-state index is 13.1. The second kappa shape index (κ2) is 9.42. The zero-order valence-corrected chi connectivity index (χ0v) is 21.7. The Morgan fingerprint density at radius 2 is 1.82 bits per heavy atom. The van der Waals surface area contributed by atoms with Gasteiger partial charge in [0, 0.05) is 13.1 Å². The number of fused-ring (bicyclic) bond motifs is 3. The molecule has 1 N–H and O–H groups in total. The topological polar surface area (TPSA) is 101 Å². The second-order valence-electron chi connectivity index (χ2n) is 7.83. The van der Waals surface area contributed by atoms with Gasteiger partial charge in [-0.15, -0.1) is 11.3 Å². The molecule has 1 saturated heterocycles. The van der Waals surface area contributed by atoms with Crippen molar-refractivity contribution >= 4 is 75.9 Å². The average molecular weight is 535 g/mol. The zero-order chi connectivity index (χ0) is 23.9. The first-order chi connectivity index (χ1) is 16.4. The highest BCUT2D eigenvalue weighted by Gasteiger charge is 2.33. The number of thioether (sulfide) groups is 1. The lowest BCUT2D eigenvalue weighted by molar-refractivity contribution is -0.120. The number of anilines is 1. The molecular weight excluding hydrogens is 513 g/mol. The van der Waals surface area contributed by atoms with Crippen LogP contribution in [0.2, 0.25) is 0 Å². The fourth-order valence-corrected chi connectivity index (χ4v) is 8.16. The molecule has 34 heavy (non-hydrogen) atoms. The van der Waals surface area contributed by atoms with Crippen molar-refractivity contribution < 1.29 is 17.9 Å². The number of benzene rings is 2. The maximum absolute atomic E-state index is 13.1. The minimum atomic E-state index is -3.69. The van der Waals surface area contributed by atoms with Gasteiger partial charge in [0.2, 0.25) is 15.9 Å². The van der Waals surface area contributed by atoms with Crippen molar-refractivity contribution in [3.63, 3.8) is 0 Å². The molecule has 178 valence electrons. The molecule has 1 aliphatic heterocycles. The van der Waals surface area contributed by atoms with Gasteiger partial charge in [-0.1, -0.05) is 23.1 Å². The van der Waals surface area contributed by atoms with Gasteiger partial charge < -0.3 is 10.1 Å². The number of carbonyl (C=O) groups excluding carboxylic acids is 1. The number of piperidine rings is 1. The summed E-state index contributed by atoms with van der Waals surface area (Å²) < 4.78 is 35.8. The molecule has 1 atom stereocenters. The number of thiazole rings is 2. The highest BCUT2D eigenvalue weighted by Crippen LogP contribution is 2.38. The quantitative estimate of drug-likeness (QED) is 0.359. The van der Waals surface area contributed by atoms with E-state index in [0.717, 1.165) is 24.8 Å². The number of hydrogen-bond donors (Lipinski definition) is 1. The van der Waals surface area contributed by atoms with Gasteiger partial charge in [-0.05, 0) is 55.5 Å². The SMILES string of the molecule is COc1ccc(S(=O)(=O)N2CCCC(C(=O)Nc3nc4ccc5nc(SC)sc5c4s3)C2)cc1. The number of nitrogens with zero attached hydrogens (tertiary/aromatic N) is 3. The summed E-state index contributed by atoms with van der Waals surface area (Å²) >= 11 is 4.65. The van der Waals surface area contributed by atoms with E-state index in [1.165, 1.54) is 34.9 Å². The smallest absolute Gasteiger partial charge is 0.243 e. The summed E-state index contributed by atoms with van der Waals surface area (Å²) in [6.07, 6.45) is 3.24. The van der Waals surface area contributed by atoms with Gasteiger partial charge in [-0.25, -0.2) is 18.4 Å². The molecule has 1 unspecified atom stereocenters. The highest BCUT2D eigenvalue weighted by molar-refractivity contribution is 8.00. The van der Waals surface area contributed by atoms with Gasteiger partial charge in [0.1, 0.15) is 5.75 Å². The summed E-state index contributed by atoms with van der Waals surface area (Å²) in [7, 11) is -2.16. The fourth-order valence-electron chi connectivity index (χ4n) is 3.97. The van der Waals surface area contributed by atoms with Crippen LogP contribution in [0, 0.1) is 5.92 Å². The summed E-state index contributed by atoms with van der Waals surface area (Å²) in [6, 6.07) is 10.2. The molecule has 1 aliphatic rings. The number of rotatable bonds is 6. The minimum absolute atomic E-state index is 0.140. The summed E-state index contributed by atoms with van der Waals surface area (Å²) in [5.41, 5.74) is 1.74. The van der Waals surface area contributed by atoms with E-state index in [-0.39, 0.29) is 17.3 Å². The molecule has 0 radical (unpaired) electrons. The van der Waals surface area contributed by atoms with Crippen LogP contribution in [0.5, 0.6) is 5.75 Å².